The first-order valence-corrected chi connectivity index (χ1v) is 3.56. The summed E-state index contributed by atoms with van der Waals surface area (Å²) >= 11 is 5.55. The summed E-state index contributed by atoms with van der Waals surface area (Å²) in [6.45, 7) is 0. The van der Waals surface area contributed by atoms with Crippen LogP contribution in [0.5, 0.6) is 0 Å². The number of hydrogen-bond acceptors (Lipinski definition) is 3. The minimum absolute atomic E-state index is 0.237. The molecule has 0 aliphatic heterocycles. The van der Waals surface area contributed by atoms with Gasteiger partial charge in [-0.05, 0) is 11.1 Å². The first-order valence-electron chi connectivity index (χ1n) is 3.18. The van der Waals surface area contributed by atoms with E-state index in [0.717, 1.165) is 0 Å². The van der Waals surface area contributed by atoms with Crippen LogP contribution >= 0.6 is 11.6 Å². The van der Waals surface area contributed by atoms with E-state index in [1.54, 1.807) is 6.07 Å². The first kappa shape index (κ1) is 8.80. The highest BCUT2D eigenvalue weighted by Crippen LogP contribution is 2.09. The Labute approximate surface area is 74.7 Å². The zero-order chi connectivity index (χ0) is 8.97. The number of pyridine rings is 1. The van der Waals surface area contributed by atoms with Gasteiger partial charge in [-0.2, -0.15) is 0 Å². The maximum atomic E-state index is 11.0. The summed E-state index contributed by atoms with van der Waals surface area (Å²) in [4.78, 5) is 3.71. The van der Waals surface area contributed by atoms with Crippen molar-refractivity contribution in [1.82, 2.24) is 0 Å². The lowest BCUT2D eigenvalue weighted by Gasteiger charge is -2.01. The van der Waals surface area contributed by atoms with E-state index in [0.29, 0.717) is 9.75 Å². The smallest absolute Gasteiger partial charge is 0.329 e. The van der Waals surface area contributed by atoms with E-state index < -0.39 is 0 Å². The highest BCUT2D eigenvalue weighted by Gasteiger charge is 2.01. The third-order valence-electron chi connectivity index (χ3n) is 1.15. The second kappa shape index (κ2) is 3.92. The Morgan fingerprint density at radius 2 is 2.42 bits per heavy atom. The average Bonchev–Trinajstić information content (AvgIpc) is 2.03. The fourth-order valence-corrected chi connectivity index (χ4v) is 0.807. The van der Waals surface area contributed by atoms with Gasteiger partial charge in [-0.15, -0.1) is 0 Å². The maximum Gasteiger partial charge on any atom is 0.329 e. The number of methoxy groups -OCH3 is 1. The standard InChI is InChI=1S/C7H7ClN2O2/c1-12-5-9-7-3-2-6(8)4-10(7)11/h2-5H,1H3. The van der Waals surface area contributed by atoms with Crippen LogP contribution in [0.15, 0.2) is 23.3 Å². The first-order chi connectivity index (χ1) is 5.74. The quantitative estimate of drug-likeness (QED) is 0.302. The van der Waals surface area contributed by atoms with Crippen LogP contribution in [0, 0.1) is 5.21 Å². The van der Waals surface area contributed by atoms with Crippen LogP contribution < -0.4 is 4.73 Å². The van der Waals surface area contributed by atoms with Gasteiger partial charge in [0.25, 0.3) is 6.40 Å². The molecule has 0 spiro atoms. The molecule has 0 aliphatic carbocycles. The normalized spacial score (nSPS) is 10.5. The van der Waals surface area contributed by atoms with Crippen molar-refractivity contribution >= 4 is 23.8 Å². The van der Waals surface area contributed by atoms with Crippen LogP contribution in [0.4, 0.5) is 5.82 Å². The zero-order valence-electron chi connectivity index (χ0n) is 6.40. The molecule has 0 aliphatic rings. The molecule has 64 valence electrons. The fourth-order valence-electron chi connectivity index (χ4n) is 0.655. The maximum absolute atomic E-state index is 11.0. The Bertz CT molecular complexity index is 301. The van der Waals surface area contributed by atoms with Gasteiger partial charge in [0.2, 0.25) is 0 Å². The van der Waals surface area contributed by atoms with E-state index in [4.69, 9.17) is 11.6 Å². The van der Waals surface area contributed by atoms with E-state index in [1.165, 1.54) is 25.8 Å². The van der Waals surface area contributed by atoms with E-state index in [1.807, 2.05) is 0 Å². The molecule has 0 bridgehead atoms. The van der Waals surface area contributed by atoms with Crippen LogP contribution in [-0.4, -0.2) is 13.5 Å². The van der Waals surface area contributed by atoms with Crippen LogP contribution in [0.3, 0.4) is 0 Å². The Morgan fingerprint density at radius 3 is 3.00 bits per heavy atom. The van der Waals surface area contributed by atoms with Crippen molar-refractivity contribution in [2.45, 2.75) is 0 Å². The SMILES string of the molecule is COC=Nc1ccc(Cl)c[n+]1[O-]. The van der Waals surface area contributed by atoms with Gasteiger partial charge in [-0.3, -0.25) is 0 Å². The van der Waals surface area contributed by atoms with Gasteiger partial charge < -0.3 is 9.94 Å². The summed E-state index contributed by atoms with van der Waals surface area (Å²) in [6.07, 6.45) is 2.40. The third-order valence-corrected chi connectivity index (χ3v) is 1.37. The van der Waals surface area contributed by atoms with Gasteiger partial charge in [-0.1, -0.05) is 11.6 Å². The van der Waals surface area contributed by atoms with Gasteiger partial charge in [0.15, 0.2) is 0 Å². The molecule has 0 amide bonds. The molecule has 12 heavy (non-hydrogen) atoms. The number of halogens is 1. The van der Waals surface area contributed by atoms with Gasteiger partial charge in [0.05, 0.1) is 12.1 Å². The van der Waals surface area contributed by atoms with E-state index in [9.17, 15) is 5.21 Å². The van der Waals surface area contributed by atoms with E-state index in [-0.39, 0.29) is 5.82 Å². The van der Waals surface area contributed by atoms with Gasteiger partial charge in [0, 0.05) is 6.07 Å². The molecule has 0 fully saturated rings. The lowest BCUT2D eigenvalue weighted by Crippen LogP contribution is -2.25. The number of ether oxygens (including phenoxy) is 1. The molecule has 1 rings (SSSR count). The predicted octanol–water partition coefficient (Wildman–Crippen LogP) is 1.28. The van der Waals surface area contributed by atoms with Crippen molar-refractivity contribution in [3.8, 4) is 0 Å². The topological polar surface area (TPSA) is 48.5 Å². The summed E-state index contributed by atoms with van der Waals surface area (Å²) in [5, 5.41) is 11.4. The summed E-state index contributed by atoms with van der Waals surface area (Å²) < 4.78 is 5.12. The summed E-state index contributed by atoms with van der Waals surface area (Å²) in [6, 6.07) is 3.09. The lowest BCUT2D eigenvalue weighted by molar-refractivity contribution is -0.591. The number of aromatic nitrogens is 1. The molecular formula is C7H7ClN2O2. The minimum atomic E-state index is 0.237. The van der Waals surface area contributed by atoms with E-state index in [2.05, 4.69) is 9.73 Å². The lowest BCUT2D eigenvalue weighted by atomic mass is 10.5. The average molecular weight is 187 g/mol. The number of rotatable bonds is 2. The molecule has 1 heterocycles. The van der Waals surface area contributed by atoms with Crippen LogP contribution in [0.1, 0.15) is 0 Å². The van der Waals surface area contributed by atoms with E-state index >= 15 is 0 Å². The summed E-state index contributed by atoms with van der Waals surface area (Å²) in [5.74, 6) is 0.237. The van der Waals surface area contributed by atoms with Crippen LogP contribution in [0.25, 0.3) is 0 Å². The molecule has 1 aromatic heterocycles. The Hall–Kier alpha value is -1.29. The molecule has 0 unspecified atom stereocenters. The zero-order valence-corrected chi connectivity index (χ0v) is 7.15. The Balaban J connectivity index is 2.94. The summed E-state index contributed by atoms with van der Waals surface area (Å²) in [5.41, 5.74) is 0. The molecule has 0 N–H and O–H groups in total. The molecule has 4 nitrogen and oxygen atoms in total. The molecule has 0 saturated heterocycles. The van der Waals surface area contributed by atoms with Crippen molar-refractivity contribution in [2.75, 3.05) is 7.11 Å². The monoisotopic (exact) mass is 186 g/mol. The van der Waals surface area contributed by atoms with Gasteiger partial charge in [-0.25, -0.2) is 4.73 Å². The molecule has 0 atom stereocenters. The number of nitrogens with zero attached hydrogens (tertiary/aromatic N) is 2. The van der Waals surface area contributed by atoms with Crippen molar-refractivity contribution in [3.63, 3.8) is 0 Å². The second-order valence-electron chi connectivity index (χ2n) is 2.00. The van der Waals surface area contributed by atoms with Crippen LogP contribution in [0.2, 0.25) is 5.02 Å². The molecule has 5 heteroatoms. The Kier molecular flexibility index (Phi) is 2.88. The van der Waals surface area contributed by atoms with Crippen molar-refractivity contribution in [3.05, 3.63) is 28.6 Å². The molecule has 0 saturated carbocycles. The molecule has 1 aromatic rings. The fraction of sp³-hybridized carbons (Fsp3) is 0.143. The number of hydrogen-bond donors (Lipinski definition) is 0. The van der Waals surface area contributed by atoms with Crippen molar-refractivity contribution in [1.29, 1.82) is 0 Å². The summed E-state index contributed by atoms with van der Waals surface area (Å²) in [7, 11) is 1.45. The number of aliphatic imine (C=N–C) groups is 1. The largest absolute Gasteiger partial charge is 0.710 e. The molecule has 0 aromatic carbocycles. The molecular weight excluding hydrogens is 180 g/mol. The van der Waals surface area contributed by atoms with Crippen molar-refractivity contribution in [2.24, 2.45) is 4.99 Å². The minimum Gasteiger partial charge on any atom is -0.710 e. The predicted molar refractivity (Wildman–Crippen MR) is 45.6 cm³/mol. The van der Waals surface area contributed by atoms with Gasteiger partial charge >= 0.3 is 5.82 Å². The third kappa shape index (κ3) is 2.10. The van der Waals surface area contributed by atoms with Crippen LogP contribution in [-0.2, 0) is 4.74 Å². The second-order valence-corrected chi connectivity index (χ2v) is 2.44. The Morgan fingerprint density at radius 1 is 1.67 bits per heavy atom. The van der Waals surface area contributed by atoms with Gasteiger partial charge in [0.1, 0.15) is 6.20 Å². The highest BCUT2D eigenvalue weighted by molar-refractivity contribution is 6.30. The van der Waals surface area contributed by atoms with Crippen molar-refractivity contribution < 1.29 is 9.47 Å². The molecule has 0 radical (unpaired) electrons. The highest BCUT2D eigenvalue weighted by atomic mass is 35.5.